The fourth-order valence-corrected chi connectivity index (χ4v) is 5.26. The summed E-state index contributed by atoms with van der Waals surface area (Å²) >= 11 is 0. The zero-order chi connectivity index (χ0) is 28.4. The number of carbonyl (C=O) groups excluding carboxylic acids is 3. The minimum atomic E-state index is -0.916. The molecule has 2 amide bonds. The van der Waals surface area contributed by atoms with Crippen LogP contribution in [0.5, 0.6) is 5.88 Å². The summed E-state index contributed by atoms with van der Waals surface area (Å²) in [4.78, 5) is 45.8. The Hall–Kier alpha value is -3.36. The number of aromatic nitrogens is 1. The molecule has 4 bridgehead atoms. The highest BCUT2D eigenvalue weighted by Gasteiger charge is 2.46. The van der Waals surface area contributed by atoms with E-state index >= 15 is 0 Å². The van der Waals surface area contributed by atoms with Gasteiger partial charge in [0.05, 0.1) is 19.8 Å². The van der Waals surface area contributed by atoms with Gasteiger partial charge in [-0.1, -0.05) is 46.8 Å². The summed E-state index contributed by atoms with van der Waals surface area (Å²) in [6.07, 6.45) is 3.48. The minimum absolute atomic E-state index is 0.163. The molecule has 2 aliphatic heterocycles. The van der Waals surface area contributed by atoms with Crippen molar-refractivity contribution in [3.8, 4) is 5.88 Å². The van der Waals surface area contributed by atoms with Gasteiger partial charge in [0.25, 0.3) is 0 Å². The van der Waals surface area contributed by atoms with Gasteiger partial charge < -0.3 is 24.4 Å². The van der Waals surface area contributed by atoms with Crippen LogP contribution in [0.15, 0.2) is 30.5 Å². The van der Waals surface area contributed by atoms with Crippen LogP contribution in [0, 0.1) is 10.8 Å². The topological polar surface area (TPSA) is 107 Å². The predicted molar refractivity (Wildman–Crippen MR) is 147 cm³/mol. The number of nitrogens with one attached hydrogen (secondary N) is 1. The van der Waals surface area contributed by atoms with Crippen molar-refractivity contribution in [3.63, 3.8) is 0 Å². The highest BCUT2D eigenvalue weighted by atomic mass is 16.6. The van der Waals surface area contributed by atoms with E-state index in [2.05, 4.69) is 42.3 Å². The highest BCUT2D eigenvalue weighted by molar-refractivity contribution is 5.91. The van der Waals surface area contributed by atoms with Gasteiger partial charge in [0.2, 0.25) is 11.8 Å². The number of benzene rings is 1. The number of hydrogen-bond donors (Lipinski definition) is 1. The molecule has 0 aliphatic carbocycles. The van der Waals surface area contributed by atoms with Gasteiger partial charge in [-0.2, -0.15) is 0 Å². The van der Waals surface area contributed by atoms with Crippen LogP contribution in [-0.2, 0) is 25.5 Å². The summed E-state index contributed by atoms with van der Waals surface area (Å²) in [5.74, 6) is -0.392. The Morgan fingerprint density at radius 3 is 2.72 bits per heavy atom. The van der Waals surface area contributed by atoms with Gasteiger partial charge in [-0.3, -0.25) is 4.79 Å². The van der Waals surface area contributed by atoms with Crippen LogP contribution >= 0.6 is 0 Å². The maximum atomic E-state index is 13.9. The van der Waals surface area contributed by atoms with E-state index in [1.54, 1.807) is 13.1 Å². The van der Waals surface area contributed by atoms with Gasteiger partial charge in [-0.25, -0.2) is 14.6 Å². The van der Waals surface area contributed by atoms with Crippen molar-refractivity contribution in [2.24, 2.45) is 10.8 Å². The number of carbonyl (C=O) groups is 3. The van der Waals surface area contributed by atoms with Crippen LogP contribution in [0.3, 0.4) is 0 Å². The van der Waals surface area contributed by atoms with E-state index in [1.807, 2.05) is 26.8 Å². The molecule has 0 unspecified atom stereocenters. The standard InChI is InChI=1S/C30H41N3O6/c1-7-37-27(35)23-16-21-17-33(23)26(34)24(29(2,3)4)32-28(36)38-18-30(5,6)13-8-9-19-10-11-20-12-14-31-25(39-21)22(20)15-19/h10-12,14-15,21,23-24H,7-9,13,16-18H2,1-6H3,(H,32,36)/t21-,23+,24-/m1/s1. The third-order valence-corrected chi connectivity index (χ3v) is 7.46. The number of fused-ring (bicyclic) bond motifs is 3. The molecule has 3 heterocycles. The van der Waals surface area contributed by atoms with Gasteiger partial charge in [0.15, 0.2) is 0 Å². The molecule has 3 atom stereocenters. The first-order valence-corrected chi connectivity index (χ1v) is 13.8. The number of hydrogen-bond acceptors (Lipinski definition) is 7. The van der Waals surface area contributed by atoms with E-state index in [0.29, 0.717) is 5.88 Å². The fourth-order valence-electron chi connectivity index (χ4n) is 5.26. The Morgan fingerprint density at radius 1 is 1.23 bits per heavy atom. The molecule has 4 rings (SSSR count). The highest BCUT2D eigenvalue weighted by Crippen LogP contribution is 2.32. The van der Waals surface area contributed by atoms with Crippen molar-refractivity contribution in [2.75, 3.05) is 19.8 Å². The van der Waals surface area contributed by atoms with Crippen LogP contribution in [-0.4, -0.2) is 65.8 Å². The normalized spacial score (nSPS) is 24.4. The second-order valence-electron chi connectivity index (χ2n) is 12.4. The summed E-state index contributed by atoms with van der Waals surface area (Å²) in [6, 6.07) is 6.48. The molecule has 0 radical (unpaired) electrons. The number of pyridine rings is 1. The number of rotatable bonds is 2. The van der Waals surface area contributed by atoms with Crippen molar-refractivity contribution in [1.82, 2.24) is 15.2 Å². The van der Waals surface area contributed by atoms with E-state index in [0.717, 1.165) is 35.6 Å². The smallest absolute Gasteiger partial charge is 0.407 e. The van der Waals surface area contributed by atoms with E-state index in [1.165, 1.54) is 4.90 Å². The third-order valence-electron chi connectivity index (χ3n) is 7.46. The Kier molecular flexibility index (Phi) is 8.37. The zero-order valence-corrected chi connectivity index (χ0v) is 23.9. The van der Waals surface area contributed by atoms with Crippen molar-refractivity contribution < 1.29 is 28.6 Å². The molecule has 1 aromatic heterocycles. The molecule has 39 heavy (non-hydrogen) atoms. The Morgan fingerprint density at radius 2 is 2.00 bits per heavy atom. The van der Waals surface area contributed by atoms with Crippen LogP contribution in [0.25, 0.3) is 10.8 Å². The first kappa shape index (κ1) is 28.6. The predicted octanol–water partition coefficient (Wildman–Crippen LogP) is 4.65. The van der Waals surface area contributed by atoms with Crippen LogP contribution in [0.4, 0.5) is 4.79 Å². The zero-order valence-electron chi connectivity index (χ0n) is 23.9. The first-order valence-electron chi connectivity index (χ1n) is 13.8. The number of cyclic esters (lactones) is 1. The quantitative estimate of drug-likeness (QED) is 0.554. The number of nitrogens with zero attached hydrogens (tertiary/aromatic N) is 2. The molecule has 0 spiro atoms. The number of amides is 2. The van der Waals surface area contributed by atoms with E-state index in [9.17, 15) is 14.4 Å². The summed E-state index contributed by atoms with van der Waals surface area (Å²) in [6.45, 7) is 12.0. The van der Waals surface area contributed by atoms with E-state index in [-0.39, 0.29) is 37.5 Å². The van der Waals surface area contributed by atoms with Crippen molar-refractivity contribution >= 4 is 28.7 Å². The molecule has 9 heteroatoms. The summed E-state index contributed by atoms with van der Waals surface area (Å²) in [5.41, 5.74) is 0.281. The van der Waals surface area contributed by atoms with E-state index in [4.69, 9.17) is 14.2 Å². The van der Waals surface area contributed by atoms with Crippen LogP contribution in [0.2, 0.25) is 0 Å². The molecular weight excluding hydrogens is 498 g/mol. The minimum Gasteiger partial charge on any atom is -0.472 e. The lowest BCUT2D eigenvalue weighted by Gasteiger charge is -2.35. The summed E-state index contributed by atoms with van der Waals surface area (Å²) < 4.78 is 17.3. The van der Waals surface area contributed by atoms with Gasteiger partial charge in [-0.05, 0) is 60.1 Å². The molecule has 2 aromatic rings. The van der Waals surface area contributed by atoms with Crippen molar-refractivity contribution in [2.45, 2.75) is 85.4 Å². The molecule has 1 saturated heterocycles. The molecular formula is C30H41N3O6. The molecule has 212 valence electrons. The Balaban J connectivity index is 1.73. The van der Waals surface area contributed by atoms with Crippen LogP contribution < -0.4 is 10.1 Å². The molecule has 9 nitrogen and oxygen atoms in total. The maximum absolute atomic E-state index is 13.9. The monoisotopic (exact) mass is 539 g/mol. The number of alkyl carbamates (subject to hydrolysis) is 1. The molecule has 1 fully saturated rings. The Bertz CT molecular complexity index is 1220. The second kappa shape index (κ2) is 11.4. The molecule has 2 aliphatic rings. The Labute approximate surface area is 230 Å². The van der Waals surface area contributed by atoms with Crippen molar-refractivity contribution in [1.29, 1.82) is 0 Å². The SMILES string of the molecule is CCOC(=O)[C@@H]1C[C@@H]2CN1C(=O)[C@H](C(C)(C)C)NC(=O)OCC(C)(C)CCCc1ccc3ccnc(c3c1)O2. The summed E-state index contributed by atoms with van der Waals surface area (Å²) in [5, 5.41) is 4.69. The number of aryl methyl sites for hydroxylation is 1. The lowest BCUT2D eigenvalue weighted by molar-refractivity contribution is -0.154. The average Bonchev–Trinajstić information content (AvgIpc) is 3.29. The van der Waals surface area contributed by atoms with Gasteiger partial charge in [-0.15, -0.1) is 0 Å². The van der Waals surface area contributed by atoms with E-state index < -0.39 is 35.7 Å². The molecule has 1 aromatic carbocycles. The lowest BCUT2D eigenvalue weighted by atomic mass is 9.85. The lowest BCUT2D eigenvalue weighted by Crippen LogP contribution is -2.57. The largest absolute Gasteiger partial charge is 0.472 e. The van der Waals surface area contributed by atoms with Gasteiger partial charge >= 0.3 is 12.1 Å². The maximum Gasteiger partial charge on any atom is 0.407 e. The average molecular weight is 540 g/mol. The van der Waals surface area contributed by atoms with Gasteiger partial charge in [0.1, 0.15) is 18.2 Å². The molecule has 0 saturated carbocycles. The van der Waals surface area contributed by atoms with Crippen LogP contribution in [0.1, 0.15) is 66.4 Å². The number of ether oxygens (including phenoxy) is 3. The first-order chi connectivity index (χ1) is 18.4. The number of esters is 1. The van der Waals surface area contributed by atoms with Gasteiger partial charge in [0, 0.05) is 18.0 Å². The molecule has 1 N–H and O–H groups in total. The fraction of sp³-hybridized carbons (Fsp3) is 0.600. The van der Waals surface area contributed by atoms with Crippen molar-refractivity contribution in [3.05, 3.63) is 36.0 Å². The third kappa shape index (κ3) is 6.81. The summed E-state index contributed by atoms with van der Waals surface area (Å²) in [7, 11) is 0. The second-order valence-corrected chi connectivity index (χ2v) is 12.4.